The van der Waals surface area contributed by atoms with E-state index in [4.69, 9.17) is 4.74 Å². The molecule has 0 aliphatic rings. The maximum absolute atomic E-state index is 12.3. The minimum Gasteiger partial charge on any atom is -0.462 e. The van der Waals surface area contributed by atoms with Crippen LogP contribution in [0.4, 0.5) is 5.69 Å². The number of aromatic nitrogens is 3. The van der Waals surface area contributed by atoms with Gasteiger partial charge in [0.05, 0.1) is 17.9 Å². The van der Waals surface area contributed by atoms with Gasteiger partial charge < -0.3 is 14.6 Å². The molecule has 0 aliphatic carbocycles. The monoisotopic (exact) mass is 430 g/mol. The lowest BCUT2D eigenvalue weighted by Crippen LogP contribution is -2.15. The van der Waals surface area contributed by atoms with Crippen molar-refractivity contribution in [3.63, 3.8) is 0 Å². The van der Waals surface area contributed by atoms with Crippen LogP contribution in [0.25, 0.3) is 0 Å². The van der Waals surface area contributed by atoms with Gasteiger partial charge in [-0.15, -0.1) is 21.5 Å². The Bertz CT molecular complexity index is 953. The van der Waals surface area contributed by atoms with E-state index in [9.17, 15) is 9.59 Å². The van der Waals surface area contributed by atoms with Crippen LogP contribution in [0.2, 0.25) is 0 Å². The lowest BCUT2D eigenvalue weighted by molar-refractivity contribution is -0.113. The third-order valence-corrected chi connectivity index (χ3v) is 5.88. The van der Waals surface area contributed by atoms with Crippen LogP contribution in [0.5, 0.6) is 0 Å². The number of thiophene rings is 1. The smallest absolute Gasteiger partial charge is 0.338 e. The molecule has 2 aromatic heterocycles. The third kappa shape index (κ3) is 5.68. The third-order valence-electron chi connectivity index (χ3n) is 4.03. The van der Waals surface area contributed by atoms with E-state index < -0.39 is 0 Å². The Morgan fingerprint density at radius 1 is 1.17 bits per heavy atom. The van der Waals surface area contributed by atoms with Crippen molar-refractivity contribution in [3.05, 3.63) is 58.0 Å². The first kappa shape index (κ1) is 21.1. The first-order valence-corrected chi connectivity index (χ1v) is 11.1. The van der Waals surface area contributed by atoms with Gasteiger partial charge in [-0.3, -0.25) is 4.79 Å². The van der Waals surface area contributed by atoms with Gasteiger partial charge in [-0.2, -0.15) is 0 Å². The molecule has 2 heterocycles. The summed E-state index contributed by atoms with van der Waals surface area (Å²) in [5, 5.41) is 14.1. The molecule has 0 bridgehead atoms. The van der Waals surface area contributed by atoms with Crippen molar-refractivity contribution in [2.75, 3.05) is 17.7 Å². The summed E-state index contributed by atoms with van der Waals surface area (Å²) in [5.41, 5.74) is 1.08. The molecule has 0 fully saturated rings. The zero-order valence-electron chi connectivity index (χ0n) is 16.3. The topological polar surface area (TPSA) is 86.1 Å². The van der Waals surface area contributed by atoms with Gasteiger partial charge >= 0.3 is 5.97 Å². The zero-order chi connectivity index (χ0) is 20.6. The van der Waals surface area contributed by atoms with Gasteiger partial charge in [-0.1, -0.05) is 17.8 Å². The number of benzene rings is 1. The van der Waals surface area contributed by atoms with Gasteiger partial charge in [0, 0.05) is 23.5 Å². The van der Waals surface area contributed by atoms with Crippen molar-refractivity contribution in [2.45, 2.75) is 32.0 Å². The van der Waals surface area contributed by atoms with Crippen LogP contribution in [0.1, 0.15) is 34.9 Å². The minimum absolute atomic E-state index is 0.149. The van der Waals surface area contributed by atoms with Crippen LogP contribution < -0.4 is 5.32 Å². The van der Waals surface area contributed by atoms with Gasteiger partial charge in [0.15, 0.2) is 5.16 Å². The molecule has 3 rings (SSSR count). The number of hydrogen-bond donors (Lipinski definition) is 1. The van der Waals surface area contributed by atoms with E-state index >= 15 is 0 Å². The molecule has 1 aromatic carbocycles. The molecule has 0 spiro atoms. The second-order valence-corrected chi connectivity index (χ2v) is 8.01. The minimum atomic E-state index is -0.377. The first-order valence-electron chi connectivity index (χ1n) is 9.25. The summed E-state index contributed by atoms with van der Waals surface area (Å²) in [6.07, 6.45) is 0.734. The fraction of sp³-hybridized carbons (Fsp3) is 0.300. The highest BCUT2D eigenvalue weighted by Gasteiger charge is 2.14. The Hall–Kier alpha value is -2.65. The molecule has 0 radical (unpaired) electrons. The Kier molecular flexibility index (Phi) is 7.42. The maximum Gasteiger partial charge on any atom is 0.338 e. The molecule has 1 amide bonds. The maximum atomic E-state index is 12.3. The number of ether oxygens (including phenoxy) is 1. The fourth-order valence-corrected chi connectivity index (χ4v) is 4.20. The number of thioether (sulfide) groups is 1. The zero-order valence-corrected chi connectivity index (χ0v) is 17.9. The van der Waals surface area contributed by atoms with E-state index in [2.05, 4.69) is 21.6 Å². The molecule has 7 nitrogen and oxygen atoms in total. The van der Waals surface area contributed by atoms with E-state index in [0.29, 0.717) is 17.9 Å². The predicted octanol–water partition coefficient (Wildman–Crippen LogP) is 3.86. The molecule has 0 aliphatic heterocycles. The van der Waals surface area contributed by atoms with Gasteiger partial charge in [0.2, 0.25) is 5.91 Å². The van der Waals surface area contributed by atoms with E-state index in [1.807, 2.05) is 22.9 Å². The number of rotatable bonds is 9. The summed E-state index contributed by atoms with van der Waals surface area (Å²) in [6.45, 7) is 4.87. The Morgan fingerprint density at radius 2 is 1.97 bits per heavy atom. The molecular weight excluding hydrogens is 408 g/mol. The normalized spacial score (nSPS) is 10.7. The molecule has 0 saturated carbocycles. The molecule has 29 heavy (non-hydrogen) atoms. The van der Waals surface area contributed by atoms with Gasteiger partial charge in [0.1, 0.15) is 5.82 Å². The number of nitrogens with zero attached hydrogens (tertiary/aromatic N) is 3. The summed E-state index contributed by atoms with van der Waals surface area (Å²) in [5.74, 6) is 0.589. The highest BCUT2D eigenvalue weighted by atomic mass is 32.2. The van der Waals surface area contributed by atoms with Gasteiger partial charge in [-0.25, -0.2) is 4.79 Å². The molecule has 0 atom stereocenters. The Balaban J connectivity index is 1.55. The van der Waals surface area contributed by atoms with Crippen LogP contribution in [0.3, 0.4) is 0 Å². The highest BCUT2D eigenvalue weighted by Crippen LogP contribution is 2.21. The molecular formula is C20H22N4O3S2. The number of esters is 1. The van der Waals surface area contributed by atoms with Gasteiger partial charge in [-0.05, 0) is 49.6 Å². The molecule has 152 valence electrons. The van der Waals surface area contributed by atoms with Crippen LogP contribution in [-0.2, 0) is 22.5 Å². The quantitative estimate of drug-likeness (QED) is 0.410. The molecule has 3 aromatic rings. The number of hydrogen-bond acceptors (Lipinski definition) is 7. The summed E-state index contributed by atoms with van der Waals surface area (Å²) < 4.78 is 6.98. The number of amides is 1. The lowest BCUT2D eigenvalue weighted by atomic mass is 10.2. The van der Waals surface area contributed by atoms with E-state index in [0.717, 1.165) is 23.9 Å². The van der Waals surface area contributed by atoms with E-state index in [1.165, 1.54) is 16.6 Å². The number of carbonyl (C=O) groups is 2. The standard InChI is InChI=1S/C20H22N4O3S2/c1-3-24-17(12-16-6-5-11-28-16)22-23-20(24)29-13-18(25)21-15-9-7-14(8-10-15)19(26)27-4-2/h5-11H,3-4,12-13H2,1-2H3,(H,21,25). The first-order chi connectivity index (χ1) is 14.1. The largest absolute Gasteiger partial charge is 0.462 e. The van der Waals surface area contributed by atoms with Crippen LogP contribution in [0, 0.1) is 0 Å². The van der Waals surface area contributed by atoms with E-state index in [-0.39, 0.29) is 17.6 Å². The van der Waals surface area contributed by atoms with Crippen LogP contribution in [0.15, 0.2) is 46.9 Å². The van der Waals surface area contributed by atoms with Crippen molar-refractivity contribution in [2.24, 2.45) is 0 Å². The highest BCUT2D eigenvalue weighted by molar-refractivity contribution is 7.99. The Labute approximate surface area is 177 Å². The average molecular weight is 431 g/mol. The predicted molar refractivity (Wildman–Crippen MR) is 115 cm³/mol. The number of nitrogens with one attached hydrogen (secondary N) is 1. The summed E-state index contributed by atoms with van der Waals surface area (Å²) in [7, 11) is 0. The van der Waals surface area contributed by atoms with Crippen LogP contribution >= 0.6 is 23.1 Å². The molecule has 1 N–H and O–H groups in total. The fourth-order valence-electron chi connectivity index (χ4n) is 2.67. The number of carbonyl (C=O) groups excluding carboxylic acids is 2. The van der Waals surface area contributed by atoms with Crippen molar-refractivity contribution in [1.82, 2.24) is 14.8 Å². The average Bonchev–Trinajstić information content (AvgIpc) is 3.37. The molecule has 0 unspecified atom stereocenters. The second kappa shape index (κ2) is 10.2. The summed E-state index contributed by atoms with van der Waals surface area (Å²) in [4.78, 5) is 25.2. The summed E-state index contributed by atoms with van der Waals surface area (Å²) >= 11 is 3.04. The van der Waals surface area contributed by atoms with Gasteiger partial charge in [0.25, 0.3) is 0 Å². The van der Waals surface area contributed by atoms with Crippen molar-refractivity contribution >= 4 is 40.7 Å². The second-order valence-electron chi connectivity index (χ2n) is 6.03. The van der Waals surface area contributed by atoms with Crippen molar-refractivity contribution in [3.8, 4) is 0 Å². The van der Waals surface area contributed by atoms with Crippen molar-refractivity contribution in [1.29, 1.82) is 0 Å². The van der Waals surface area contributed by atoms with Crippen LogP contribution in [-0.4, -0.2) is 39.0 Å². The van der Waals surface area contributed by atoms with E-state index in [1.54, 1.807) is 42.5 Å². The Morgan fingerprint density at radius 3 is 2.62 bits per heavy atom. The van der Waals surface area contributed by atoms with Crippen molar-refractivity contribution < 1.29 is 14.3 Å². The molecule has 9 heteroatoms. The SMILES string of the molecule is CCOC(=O)c1ccc(NC(=O)CSc2nnc(Cc3cccs3)n2CC)cc1. The lowest BCUT2D eigenvalue weighted by Gasteiger charge is -2.08. The molecule has 0 saturated heterocycles. The summed E-state index contributed by atoms with van der Waals surface area (Å²) in [6, 6.07) is 10.7. The number of anilines is 1.